The minimum atomic E-state index is -0.864. The number of benzene rings is 2. The summed E-state index contributed by atoms with van der Waals surface area (Å²) in [7, 11) is 1.47. The average molecular weight is 452 g/mol. The molecular weight excluding hydrogens is 421 g/mol. The highest BCUT2D eigenvalue weighted by atomic mass is 19.1. The number of hydrogen-bond donors (Lipinski definition) is 1. The molecule has 0 spiro atoms. The normalized spacial score (nSPS) is 24.3. The molecule has 3 amide bonds. The molecule has 6 nitrogen and oxygen atoms in total. The van der Waals surface area contributed by atoms with E-state index in [1.165, 1.54) is 29.2 Å². The van der Waals surface area contributed by atoms with Gasteiger partial charge in [0.15, 0.2) is 11.6 Å². The van der Waals surface area contributed by atoms with Gasteiger partial charge in [0.05, 0.1) is 7.11 Å². The number of rotatable bonds is 5. The molecule has 1 atom stereocenters. The topological polar surface area (TPSA) is 61.9 Å². The summed E-state index contributed by atoms with van der Waals surface area (Å²) in [6.07, 6.45) is 3.09. The van der Waals surface area contributed by atoms with Gasteiger partial charge < -0.3 is 10.1 Å². The lowest BCUT2D eigenvalue weighted by atomic mass is 9.78. The number of carbonyl (C=O) groups excluding carboxylic acids is 2. The first kappa shape index (κ1) is 21.9. The Kier molecular flexibility index (Phi) is 5.60. The van der Waals surface area contributed by atoms with Crippen LogP contribution < -0.4 is 10.1 Å². The maximum absolute atomic E-state index is 13.7. The average Bonchev–Trinajstić information content (AvgIpc) is 3.33. The molecule has 0 saturated carbocycles. The van der Waals surface area contributed by atoms with Crippen LogP contribution in [0.3, 0.4) is 0 Å². The number of amides is 3. The van der Waals surface area contributed by atoms with Crippen LogP contribution in [0.5, 0.6) is 5.75 Å². The number of ether oxygens (including phenoxy) is 1. The van der Waals surface area contributed by atoms with Gasteiger partial charge >= 0.3 is 6.03 Å². The molecule has 0 unspecified atom stereocenters. The van der Waals surface area contributed by atoms with Crippen molar-refractivity contribution in [3.63, 3.8) is 0 Å². The Morgan fingerprint density at radius 2 is 1.76 bits per heavy atom. The van der Waals surface area contributed by atoms with Gasteiger partial charge in [-0.3, -0.25) is 14.6 Å². The van der Waals surface area contributed by atoms with Crippen molar-refractivity contribution in [1.29, 1.82) is 0 Å². The zero-order valence-electron chi connectivity index (χ0n) is 19.1. The van der Waals surface area contributed by atoms with E-state index in [1.807, 2.05) is 19.1 Å². The predicted molar refractivity (Wildman–Crippen MR) is 122 cm³/mol. The van der Waals surface area contributed by atoms with Crippen LogP contribution in [0.2, 0.25) is 0 Å². The molecule has 2 saturated heterocycles. The van der Waals surface area contributed by atoms with E-state index < -0.39 is 5.54 Å². The first-order chi connectivity index (χ1) is 15.9. The summed E-state index contributed by atoms with van der Waals surface area (Å²) in [4.78, 5) is 30.2. The summed E-state index contributed by atoms with van der Waals surface area (Å²) in [5.41, 5.74) is 2.58. The first-order valence-corrected chi connectivity index (χ1v) is 11.7. The van der Waals surface area contributed by atoms with Crippen LogP contribution >= 0.6 is 0 Å². The van der Waals surface area contributed by atoms with E-state index in [0.717, 1.165) is 44.3 Å². The van der Waals surface area contributed by atoms with Gasteiger partial charge in [0.1, 0.15) is 5.54 Å². The molecule has 7 heteroatoms. The lowest BCUT2D eigenvalue weighted by molar-refractivity contribution is -0.134. The van der Waals surface area contributed by atoms with Gasteiger partial charge in [-0.15, -0.1) is 0 Å². The van der Waals surface area contributed by atoms with Crippen LogP contribution in [0.1, 0.15) is 36.5 Å². The monoisotopic (exact) mass is 451 g/mol. The van der Waals surface area contributed by atoms with Crippen molar-refractivity contribution < 1.29 is 18.7 Å². The summed E-state index contributed by atoms with van der Waals surface area (Å²) >= 11 is 0. The number of methoxy groups -OCH3 is 1. The lowest BCUT2D eigenvalue weighted by Gasteiger charge is -2.39. The minimum Gasteiger partial charge on any atom is -0.494 e. The van der Waals surface area contributed by atoms with Crippen LogP contribution in [0.15, 0.2) is 42.5 Å². The summed E-state index contributed by atoms with van der Waals surface area (Å²) < 4.78 is 18.8. The Labute approximate surface area is 193 Å². The molecule has 5 rings (SSSR count). The molecule has 1 aliphatic carbocycles. The van der Waals surface area contributed by atoms with Crippen molar-refractivity contribution in [3.8, 4) is 5.75 Å². The standard InChI is InChI=1S/C26H30FN3O3/c1-26(20-9-11-29(12-10-20)16-17-7-8-22(27)23(13-17)33-2)24(31)30(25(32)28-26)21-14-18-5-3-4-6-19(18)15-21/h3-8,13,20-21H,9-12,14-16H2,1-2H3,(H,28,32)/t26-/m1/s1. The van der Waals surface area contributed by atoms with E-state index >= 15 is 0 Å². The van der Waals surface area contributed by atoms with Crippen molar-refractivity contribution in [2.24, 2.45) is 5.92 Å². The fourth-order valence-electron chi connectivity index (χ4n) is 5.73. The van der Waals surface area contributed by atoms with Gasteiger partial charge in [0.25, 0.3) is 5.91 Å². The van der Waals surface area contributed by atoms with Gasteiger partial charge in [0.2, 0.25) is 0 Å². The molecule has 2 fully saturated rings. The number of likely N-dealkylation sites (tertiary alicyclic amines) is 1. The Morgan fingerprint density at radius 1 is 1.09 bits per heavy atom. The molecule has 0 radical (unpaired) electrons. The molecule has 0 bridgehead atoms. The van der Waals surface area contributed by atoms with Crippen molar-refractivity contribution in [2.45, 2.75) is 50.7 Å². The third-order valence-electron chi connectivity index (χ3n) is 7.67. The SMILES string of the molecule is COc1cc(CN2CCC([C@@]3(C)NC(=O)N(C4Cc5ccccc5C4)C3=O)CC2)ccc1F. The van der Waals surface area contributed by atoms with Gasteiger partial charge in [-0.25, -0.2) is 9.18 Å². The Morgan fingerprint density at radius 3 is 2.39 bits per heavy atom. The van der Waals surface area contributed by atoms with E-state index in [9.17, 15) is 14.0 Å². The van der Waals surface area contributed by atoms with Crippen molar-refractivity contribution >= 4 is 11.9 Å². The van der Waals surface area contributed by atoms with Crippen LogP contribution in [0, 0.1) is 11.7 Å². The molecule has 2 aromatic rings. The highest BCUT2D eigenvalue weighted by Gasteiger charge is 2.55. The maximum atomic E-state index is 13.7. The Bertz CT molecular complexity index is 1060. The molecule has 2 heterocycles. The molecule has 2 aromatic carbocycles. The fourth-order valence-corrected chi connectivity index (χ4v) is 5.73. The van der Waals surface area contributed by atoms with Gasteiger partial charge in [-0.05, 0) is 80.4 Å². The second-order valence-electron chi connectivity index (χ2n) is 9.66. The van der Waals surface area contributed by atoms with Crippen LogP contribution in [-0.4, -0.2) is 53.5 Å². The van der Waals surface area contributed by atoms with Crippen molar-refractivity contribution in [3.05, 3.63) is 65.0 Å². The summed E-state index contributed by atoms with van der Waals surface area (Å²) in [6.45, 7) is 4.23. The van der Waals surface area contributed by atoms with Crippen LogP contribution in [0.25, 0.3) is 0 Å². The second-order valence-corrected chi connectivity index (χ2v) is 9.66. The quantitative estimate of drug-likeness (QED) is 0.707. The highest BCUT2D eigenvalue weighted by molar-refractivity contribution is 6.07. The molecule has 33 heavy (non-hydrogen) atoms. The van der Waals surface area contributed by atoms with E-state index in [-0.39, 0.29) is 35.5 Å². The van der Waals surface area contributed by atoms with E-state index in [1.54, 1.807) is 12.1 Å². The maximum Gasteiger partial charge on any atom is 0.325 e. The van der Waals surface area contributed by atoms with Crippen LogP contribution in [0.4, 0.5) is 9.18 Å². The zero-order valence-corrected chi connectivity index (χ0v) is 19.1. The Balaban J connectivity index is 1.22. The number of imide groups is 1. The molecule has 3 aliphatic rings. The fraction of sp³-hybridized carbons (Fsp3) is 0.462. The number of fused-ring (bicyclic) bond motifs is 1. The largest absolute Gasteiger partial charge is 0.494 e. The summed E-state index contributed by atoms with van der Waals surface area (Å²) in [6, 6.07) is 12.8. The lowest BCUT2D eigenvalue weighted by Crippen LogP contribution is -2.54. The van der Waals surface area contributed by atoms with E-state index in [4.69, 9.17) is 4.74 Å². The van der Waals surface area contributed by atoms with Gasteiger partial charge in [0, 0.05) is 12.6 Å². The number of urea groups is 1. The number of piperidine rings is 1. The molecular formula is C26H30FN3O3. The summed E-state index contributed by atoms with van der Waals surface area (Å²) in [5.74, 6) is -0.115. The number of nitrogens with zero attached hydrogens (tertiary/aromatic N) is 2. The molecule has 2 aliphatic heterocycles. The van der Waals surface area contributed by atoms with Crippen molar-refractivity contribution in [2.75, 3.05) is 20.2 Å². The second kappa shape index (κ2) is 8.45. The van der Waals surface area contributed by atoms with Gasteiger partial charge in [-0.2, -0.15) is 0 Å². The van der Waals surface area contributed by atoms with Gasteiger partial charge in [-0.1, -0.05) is 30.3 Å². The van der Waals surface area contributed by atoms with E-state index in [0.29, 0.717) is 6.54 Å². The highest BCUT2D eigenvalue weighted by Crippen LogP contribution is 2.37. The zero-order chi connectivity index (χ0) is 23.2. The molecule has 1 N–H and O–H groups in total. The number of hydrogen-bond acceptors (Lipinski definition) is 4. The first-order valence-electron chi connectivity index (χ1n) is 11.7. The number of halogens is 1. The predicted octanol–water partition coefficient (Wildman–Crippen LogP) is 3.52. The minimum absolute atomic E-state index is 0.0849. The molecule has 0 aromatic heterocycles. The van der Waals surface area contributed by atoms with E-state index in [2.05, 4.69) is 22.3 Å². The third-order valence-corrected chi connectivity index (χ3v) is 7.67. The number of carbonyl (C=O) groups is 2. The number of nitrogens with one attached hydrogen (secondary N) is 1. The smallest absolute Gasteiger partial charge is 0.325 e. The molecule has 174 valence electrons. The summed E-state index contributed by atoms with van der Waals surface area (Å²) in [5, 5.41) is 3.05. The Hall–Kier alpha value is -2.93. The third kappa shape index (κ3) is 3.88. The van der Waals surface area contributed by atoms with Crippen LogP contribution in [-0.2, 0) is 24.2 Å². The van der Waals surface area contributed by atoms with Crippen molar-refractivity contribution in [1.82, 2.24) is 15.1 Å².